The monoisotopic (exact) mass is 328 g/mol. The van der Waals surface area contributed by atoms with Crippen LogP contribution >= 0.6 is 0 Å². The summed E-state index contributed by atoms with van der Waals surface area (Å²) in [7, 11) is 0. The van der Waals surface area contributed by atoms with E-state index in [2.05, 4.69) is 47.8 Å². The number of benzene rings is 2. The van der Waals surface area contributed by atoms with Gasteiger partial charge in [0.1, 0.15) is 18.4 Å². The van der Waals surface area contributed by atoms with Crippen molar-refractivity contribution in [3.8, 4) is 5.75 Å². The van der Waals surface area contributed by atoms with Crippen LogP contribution in [-0.4, -0.2) is 32.4 Å². The standard InChI is InChI=1S/C21H29NO2/c1(5-14-22-17-19-11-8-16-23-19)2-6-15-24-21-13-7-10-18-9-3-4-12-20(18)21/h3-4,7,9-10,12-13,19,22H,1-2,5-6,8,11,14-17H2/p+1/t19-/m0/s1. The summed E-state index contributed by atoms with van der Waals surface area (Å²) in [5.41, 5.74) is 0. The molecule has 3 rings (SSSR count). The number of hydrogen-bond acceptors (Lipinski definition) is 2. The van der Waals surface area contributed by atoms with Gasteiger partial charge >= 0.3 is 0 Å². The van der Waals surface area contributed by atoms with E-state index in [0.29, 0.717) is 6.10 Å². The van der Waals surface area contributed by atoms with Gasteiger partial charge in [0, 0.05) is 12.0 Å². The van der Waals surface area contributed by atoms with Crippen LogP contribution in [-0.2, 0) is 4.74 Å². The predicted octanol–water partition coefficient (Wildman–Crippen LogP) is 3.52. The van der Waals surface area contributed by atoms with E-state index in [1.807, 2.05) is 0 Å². The maximum atomic E-state index is 5.99. The van der Waals surface area contributed by atoms with Crippen molar-refractivity contribution in [3.63, 3.8) is 0 Å². The zero-order valence-corrected chi connectivity index (χ0v) is 14.6. The van der Waals surface area contributed by atoms with Crippen molar-refractivity contribution in [2.45, 2.75) is 44.6 Å². The molecule has 1 aliphatic heterocycles. The van der Waals surface area contributed by atoms with Crippen LogP contribution in [0.1, 0.15) is 38.5 Å². The highest BCUT2D eigenvalue weighted by molar-refractivity contribution is 5.88. The van der Waals surface area contributed by atoms with Crippen molar-refractivity contribution >= 4 is 10.8 Å². The molecular weight excluding hydrogens is 298 g/mol. The number of nitrogens with two attached hydrogens (primary N) is 1. The summed E-state index contributed by atoms with van der Waals surface area (Å²) in [5, 5.41) is 4.88. The van der Waals surface area contributed by atoms with Crippen molar-refractivity contribution < 1.29 is 14.8 Å². The van der Waals surface area contributed by atoms with Crippen LogP contribution in [0, 0.1) is 0 Å². The molecule has 1 atom stereocenters. The summed E-state index contributed by atoms with van der Waals surface area (Å²) in [4.78, 5) is 0. The third-order valence-corrected chi connectivity index (χ3v) is 4.76. The van der Waals surface area contributed by atoms with Crippen molar-refractivity contribution in [1.29, 1.82) is 0 Å². The molecule has 3 nitrogen and oxygen atoms in total. The number of ether oxygens (including phenoxy) is 2. The minimum Gasteiger partial charge on any atom is -0.493 e. The molecule has 0 bridgehead atoms. The van der Waals surface area contributed by atoms with Crippen molar-refractivity contribution in [2.24, 2.45) is 0 Å². The Labute approximate surface area is 145 Å². The van der Waals surface area contributed by atoms with E-state index in [-0.39, 0.29) is 0 Å². The quantitative estimate of drug-likeness (QED) is 0.677. The molecule has 3 heteroatoms. The summed E-state index contributed by atoms with van der Waals surface area (Å²) in [6, 6.07) is 14.7. The van der Waals surface area contributed by atoms with Crippen LogP contribution in [0.5, 0.6) is 5.75 Å². The third kappa shape index (κ3) is 5.22. The van der Waals surface area contributed by atoms with Crippen LogP contribution in [0.2, 0.25) is 0 Å². The van der Waals surface area contributed by atoms with Gasteiger partial charge in [0.25, 0.3) is 0 Å². The molecule has 2 aromatic carbocycles. The first-order valence-corrected chi connectivity index (χ1v) is 9.47. The molecule has 1 aliphatic rings. The molecule has 1 heterocycles. The van der Waals surface area contributed by atoms with E-state index in [1.165, 1.54) is 49.4 Å². The van der Waals surface area contributed by atoms with Gasteiger partial charge in [-0.2, -0.15) is 0 Å². The van der Waals surface area contributed by atoms with Gasteiger partial charge in [-0.25, -0.2) is 0 Å². The zero-order chi connectivity index (χ0) is 16.5. The molecule has 0 aromatic heterocycles. The molecule has 130 valence electrons. The molecule has 0 spiro atoms. The average Bonchev–Trinajstić information content (AvgIpc) is 3.14. The van der Waals surface area contributed by atoms with Gasteiger partial charge in [0.05, 0.1) is 13.2 Å². The summed E-state index contributed by atoms with van der Waals surface area (Å²) in [5.74, 6) is 1.01. The van der Waals surface area contributed by atoms with E-state index in [4.69, 9.17) is 9.47 Å². The molecule has 2 N–H and O–H groups in total. The van der Waals surface area contributed by atoms with Gasteiger partial charge in [-0.1, -0.05) is 36.4 Å². The Morgan fingerprint density at radius 3 is 2.79 bits per heavy atom. The highest BCUT2D eigenvalue weighted by atomic mass is 16.5. The topological polar surface area (TPSA) is 35.1 Å². The van der Waals surface area contributed by atoms with Crippen LogP contribution in [0.25, 0.3) is 10.8 Å². The van der Waals surface area contributed by atoms with E-state index < -0.39 is 0 Å². The smallest absolute Gasteiger partial charge is 0.127 e. The fraction of sp³-hybridized carbons (Fsp3) is 0.524. The summed E-state index contributed by atoms with van der Waals surface area (Å²) >= 11 is 0. The van der Waals surface area contributed by atoms with E-state index >= 15 is 0 Å². The molecule has 0 saturated carbocycles. The lowest BCUT2D eigenvalue weighted by Gasteiger charge is -2.09. The number of rotatable bonds is 10. The number of unbranched alkanes of at least 4 members (excludes halogenated alkanes) is 3. The first kappa shape index (κ1) is 17.2. The lowest BCUT2D eigenvalue weighted by atomic mass is 10.1. The first-order valence-electron chi connectivity index (χ1n) is 9.47. The molecule has 2 aromatic rings. The second-order valence-corrected chi connectivity index (χ2v) is 6.69. The summed E-state index contributed by atoms with van der Waals surface area (Å²) in [6.07, 6.45) is 7.98. The minimum atomic E-state index is 0.513. The number of hydrogen-bond donors (Lipinski definition) is 1. The number of quaternary nitrogens is 1. The molecule has 0 aliphatic carbocycles. The Kier molecular flexibility index (Phi) is 6.94. The lowest BCUT2D eigenvalue weighted by Crippen LogP contribution is -2.86. The average molecular weight is 328 g/mol. The molecule has 1 saturated heterocycles. The fourth-order valence-electron chi connectivity index (χ4n) is 3.38. The van der Waals surface area contributed by atoms with Crippen LogP contribution < -0.4 is 10.1 Å². The lowest BCUT2D eigenvalue weighted by molar-refractivity contribution is -0.661. The van der Waals surface area contributed by atoms with Gasteiger partial charge in [-0.3, -0.25) is 0 Å². The first-order chi connectivity index (χ1) is 11.9. The molecular formula is C21H30NO2+. The van der Waals surface area contributed by atoms with Crippen molar-refractivity contribution in [2.75, 3.05) is 26.3 Å². The van der Waals surface area contributed by atoms with E-state index in [1.54, 1.807) is 0 Å². The maximum Gasteiger partial charge on any atom is 0.127 e. The van der Waals surface area contributed by atoms with Gasteiger partial charge < -0.3 is 14.8 Å². The Bertz CT molecular complexity index is 602. The van der Waals surface area contributed by atoms with E-state index in [9.17, 15) is 0 Å². The number of fused-ring (bicyclic) bond motifs is 1. The van der Waals surface area contributed by atoms with Crippen LogP contribution in [0.3, 0.4) is 0 Å². The van der Waals surface area contributed by atoms with Gasteiger partial charge in [-0.15, -0.1) is 0 Å². The van der Waals surface area contributed by atoms with Crippen molar-refractivity contribution in [3.05, 3.63) is 42.5 Å². The third-order valence-electron chi connectivity index (χ3n) is 4.76. The summed E-state index contributed by atoms with van der Waals surface area (Å²) < 4.78 is 11.6. The highest BCUT2D eigenvalue weighted by Crippen LogP contribution is 2.25. The van der Waals surface area contributed by atoms with E-state index in [0.717, 1.165) is 31.9 Å². The Balaban J connectivity index is 1.24. The molecule has 0 amide bonds. The molecule has 1 fully saturated rings. The normalized spacial score (nSPS) is 17.4. The minimum absolute atomic E-state index is 0.513. The maximum absolute atomic E-state index is 5.99. The van der Waals surface area contributed by atoms with Crippen molar-refractivity contribution in [1.82, 2.24) is 0 Å². The Morgan fingerprint density at radius 1 is 1.00 bits per heavy atom. The largest absolute Gasteiger partial charge is 0.493 e. The van der Waals surface area contributed by atoms with Crippen LogP contribution in [0.15, 0.2) is 42.5 Å². The Hall–Kier alpha value is -1.58. The Morgan fingerprint density at radius 2 is 1.88 bits per heavy atom. The molecule has 0 radical (unpaired) electrons. The van der Waals surface area contributed by atoms with Gasteiger partial charge in [0.2, 0.25) is 0 Å². The fourth-order valence-corrected chi connectivity index (χ4v) is 3.38. The second-order valence-electron chi connectivity index (χ2n) is 6.69. The SMILES string of the molecule is c1ccc2c(OCCCCCC[NH2+]C[C@@H]3CCCO3)cccc2c1. The summed E-state index contributed by atoms with van der Waals surface area (Å²) in [6.45, 7) is 4.15. The van der Waals surface area contributed by atoms with Crippen LogP contribution in [0.4, 0.5) is 0 Å². The second kappa shape index (κ2) is 9.65. The molecule has 0 unspecified atom stereocenters. The zero-order valence-electron chi connectivity index (χ0n) is 14.6. The van der Waals surface area contributed by atoms with Gasteiger partial charge in [0.15, 0.2) is 0 Å². The molecule has 24 heavy (non-hydrogen) atoms. The highest BCUT2D eigenvalue weighted by Gasteiger charge is 2.16. The predicted molar refractivity (Wildman–Crippen MR) is 98.5 cm³/mol. The van der Waals surface area contributed by atoms with Gasteiger partial charge in [-0.05, 0) is 50.0 Å².